The molecule has 2 aromatic carbocycles. The van der Waals surface area contributed by atoms with Crippen LogP contribution in [0.4, 0.5) is 17.1 Å². The van der Waals surface area contributed by atoms with Crippen molar-refractivity contribution in [2.75, 3.05) is 29.0 Å². The van der Waals surface area contributed by atoms with Gasteiger partial charge in [0.1, 0.15) is 0 Å². The predicted molar refractivity (Wildman–Crippen MR) is 101 cm³/mol. The molecule has 0 bridgehead atoms. The molecule has 1 heterocycles. The molecule has 0 unspecified atom stereocenters. The molecule has 4 nitrogen and oxygen atoms in total. The highest BCUT2D eigenvalue weighted by molar-refractivity contribution is 6.04. The third kappa shape index (κ3) is 3.70. The van der Waals surface area contributed by atoms with Gasteiger partial charge in [-0.05, 0) is 73.7 Å². The van der Waals surface area contributed by atoms with Crippen molar-refractivity contribution in [2.24, 2.45) is 5.92 Å². The van der Waals surface area contributed by atoms with Crippen molar-refractivity contribution < 1.29 is 4.79 Å². The van der Waals surface area contributed by atoms with Crippen LogP contribution in [0.1, 0.15) is 35.7 Å². The Kier molecular flexibility index (Phi) is 4.74. The molecule has 1 fully saturated rings. The Morgan fingerprint density at radius 3 is 2.42 bits per heavy atom. The number of nitrogen functional groups attached to an aromatic ring is 1. The van der Waals surface area contributed by atoms with Crippen LogP contribution in [-0.4, -0.2) is 19.0 Å². The maximum atomic E-state index is 12.3. The second kappa shape index (κ2) is 6.95. The van der Waals surface area contributed by atoms with E-state index in [0.717, 1.165) is 30.3 Å². The van der Waals surface area contributed by atoms with Gasteiger partial charge >= 0.3 is 0 Å². The van der Waals surface area contributed by atoms with E-state index in [2.05, 4.69) is 29.3 Å². The van der Waals surface area contributed by atoms with Gasteiger partial charge in [-0.2, -0.15) is 0 Å². The largest absolute Gasteiger partial charge is 0.399 e. The molecule has 0 saturated carbocycles. The zero-order valence-electron chi connectivity index (χ0n) is 14.4. The number of anilines is 3. The lowest BCUT2D eigenvalue weighted by Crippen LogP contribution is -2.32. The van der Waals surface area contributed by atoms with E-state index in [0.29, 0.717) is 11.3 Å². The lowest BCUT2D eigenvalue weighted by Gasteiger charge is -2.32. The third-order valence-corrected chi connectivity index (χ3v) is 4.81. The van der Waals surface area contributed by atoms with Gasteiger partial charge in [0.15, 0.2) is 0 Å². The first-order chi connectivity index (χ1) is 11.5. The fourth-order valence-corrected chi connectivity index (χ4v) is 3.04. The van der Waals surface area contributed by atoms with Crippen molar-refractivity contribution in [3.8, 4) is 0 Å². The van der Waals surface area contributed by atoms with Gasteiger partial charge in [0.25, 0.3) is 5.91 Å². The molecule has 1 aliphatic heterocycles. The highest BCUT2D eigenvalue weighted by Gasteiger charge is 2.16. The standard InChI is InChI=1S/C20H25N3O/c1-14-9-11-23(12-10-14)18-6-4-17(5-7-18)22-20(24)16-3-8-19(21)15(2)13-16/h3-8,13-14H,9-12,21H2,1-2H3,(H,22,24). The maximum absolute atomic E-state index is 12.3. The van der Waals surface area contributed by atoms with Crippen LogP contribution < -0.4 is 16.0 Å². The Morgan fingerprint density at radius 1 is 1.12 bits per heavy atom. The molecule has 126 valence electrons. The summed E-state index contributed by atoms with van der Waals surface area (Å²) < 4.78 is 0. The van der Waals surface area contributed by atoms with Gasteiger partial charge in [-0.3, -0.25) is 4.79 Å². The number of carbonyl (C=O) groups excluding carboxylic acids is 1. The van der Waals surface area contributed by atoms with E-state index in [1.54, 1.807) is 12.1 Å². The number of amides is 1. The third-order valence-electron chi connectivity index (χ3n) is 4.81. The van der Waals surface area contributed by atoms with Crippen LogP contribution in [0.25, 0.3) is 0 Å². The summed E-state index contributed by atoms with van der Waals surface area (Å²) in [6.07, 6.45) is 2.49. The molecule has 4 heteroatoms. The number of rotatable bonds is 3. The Morgan fingerprint density at radius 2 is 1.79 bits per heavy atom. The number of piperidine rings is 1. The summed E-state index contributed by atoms with van der Waals surface area (Å²) in [4.78, 5) is 14.7. The summed E-state index contributed by atoms with van der Waals surface area (Å²) in [7, 11) is 0. The van der Waals surface area contributed by atoms with Crippen molar-refractivity contribution in [3.05, 3.63) is 53.6 Å². The van der Waals surface area contributed by atoms with Gasteiger partial charge in [0, 0.05) is 35.7 Å². The van der Waals surface area contributed by atoms with E-state index in [1.165, 1.54) is 18.5 Å². The summed E-state index contributed by atoms with van der Waals surface area (Å²) in [5.74, 6) is 0.709. The highest BCUT2D eigenvalue weighted by Crippen LogP contribution is 2.24. The number of hydrogen-bond acceptors (Lipinski definition) is 3. The van der Waals surface area contributed by atoms with Crippen LogP contribution >= 0.6 is 0 Å². The van der Waals surface area contributed by atoms with Crippen molar-refractivity contribution in [1.82, 2.24) is 0 Å². The van der Waals surface area contributed by atoms with Crippen molar-refractivity contribution in [1.29, 1.82) is 0 Å². The second-order valence-electron chi connectivity index (χ2n) is 6.74. The minimum absolute atomic E-state index is 0.113. The van der Waals surface area contributed by atoms with Crippen molar-refractivity contribution in [3.63, 3.8) is 0 Å². The van der Waals surface area contributed by atoms with E-state index >= 15 is 0 Å². The first kappa shape index (κ1) is 16.4. The number of nitrogens with one attached hydrogen (secondary N) is 1. The van der Waals surface area contributed by atoms with Crippen LogP contribution in [0.5, 0.6) is 0 Å². The molecule has 24 heavy (non-hydrogen) atoms. The van der Waals surface area contributed by atoms with Crippen LogP contribution in [-0.2, 0) is 0 Å². The molecule has 0 radical (unpaired) electrons. The van der Waals surface area contributed by atoms with E-state index in [4.69, 9.17) is 5.73 Å². The van der Waals surface area contributed by atoms with Gasteiger partial charge in [0.05, 0.1) is 0 Å². The monoisotopic (exact) mass is 323 g/mol. The fraction of sp³-hybridized carbons (Fsp3) is 0.350. The fourth-order valence-electron chi connectivity index (χ4n) is 3.04. The molecule has 2 aromatic rings. The second-order valence-corrected chi connectivity index (χ2v) is 6.74. The summed E-state index contributed by atoms with van der Waals surface area (Å²) in [5.41, 5.74) is 10.1. The van der Waals surface area contributed by atoms with E-state index in [9.17, 15) is 4.79 Å². The van der Waals surface area contributed by atoms with Gasteiger partial charge in [-0.1, -0.05) is 6.92 Å². The molecule has 3 N–H and O–H groups in total. The average Bonchev–Trinajstić information content (AvgIpc) is 2.59. The minimum Gasteiger partial charge on any atom is -0.399 e. The highest BCUT2D eigenvalue weighted by atomic mass is 16.1. The molecule has 1 aliphatic rings. The number of nitrogens with two attached hydrogens (primary N) is 1. The summed E-state index contributed by atoms with van der Waals surface area (Å²) in [6.45, 7) is 6.43. The van der Waals surface area contributed by atoms with Crippen LogP contribution in [0.2, 0.25) is 0 Å². The van der Waals surface area contributed by atoms with Gasteiger partial charge < -0.3 is 16.0 Å². The molecular formula is C20H25N3O. The summed E-state index contributed by atoms with van der Waals surface area (Å²) in [6, 6.07) is 13.4. The zero-order chi connectivity index (χ0) is 17.1. The SMILES string of the molecule is Cc1cc(C(=O)Nc2ccc(N3CCC(C)CC3)cc2)ccc1N. The maximum Gasteiger partial charge on any atom is 0.255 e. The lowest BCUT2D eigenvalue weighted by molar-refractivity contribution is 0.102. The van der Waals surface area contributed by atoms with Crippen LogP contribution in [0.3, 0.4) is 0 Å². The van der Waals surface area contributed by atoms with E-state index in [-0.39, 0.29) is 5.91 Å². The molecule has 3 rings (SSSR count). The van der Waals surface area contributed by atoms with Crippen molar-refractivity contribution >= 4 is 23.0 Å². The van der Waals surface area contributed by atoms with Gasteiger partial charge in [-0.25, -0.2) is 0 Å². The van der Waals surface area contributed by atoms with Gasteiger partial charge in [-0.15, -0.1) is 0 Å². The predicted octanol–water partition coefficient (Wildman–Crippen LogP) is 4.07. The first-order valence-corrected chi connectivity index (χ1v) is 8.55. The summed E-state index contributed by atoms with van der Waals surface area (Å²) in [5, 5.41) is 2.94. The minimum atomic E-state index is -0.113. The summed E-state index contributed by atoms with van der Waals surface area (Å²) >= 11 is 0. The Labute approximate surface area is 143 Å². The van der Waals surface area contributed by atoms with E-state index in [1.807, 2.05) is 25.1 Å². The molecule has 0 atom stereocenters. The molecular weight excluding hydrogens is 298 g/mol. The van der Waals surface area contributed by atoms with E-state index < -0.39 is 0 Å². The Bertz CT molecular complexity index is 716. The molecule has 1 amide bonds. The smallest absolute Gasteiger partial charge is 0.255 e. The molecule has 1 saturated heterocycles. The average molecular weight is 323 g/mol. The number of nitrogens with zero attached hydrogens (tertiary/aromatic N) is 1. The van der Waals surface area contributed by atoms with Crippen molar-refractivity contribution in [2.45, 2.75) is 26.7 Å². The number of carbonyl (C=O) groups is 1. The normalized spacial score (nSPS) is 15.3. The number of benzene rings is 2. The lowest BCUT2D eigenvalue weighted by atomic mass is 9.99. The topological polar surface area (TPSA) is 58.4 Å². The number of aryl methyl sites for hydroxylation is 1. The number of hydrogen-bond donors (Lipinski definition) is 2. The Balaban J connectivity index is 1.65. The molecule has 0 aliphatic carbocycles. The first-order valence-electron chi connectivity index (χ1n) is 8.55. The Hall–Kier alpha value is -2.49. The quantitative estimate of drug-likeness (QED) is 0.837. The molecule has 0 spiro atoms. The van der Waals surface area contributed by atoms with Gasteiger partial charge in [0.2, 0.25) is 0 Å². The van der Waals surface area contributed by atoms with Crippen LogP contribution in [0, 0.1) is 12.8 Å². The molecule has 0 aromatic heterocycles. The van der Waals surface area contributed by atoms with Crippen LogP contribution in [0.15, 0.2) is 42.5 Å². The zero-order valence-corrected chi connectivity index (χ0v) is 14.4.